The minimum atomic E-state index is -0.664. The fourth-order valence-corrected chi connectivity index (χ4v) is 3.39. The lowest BCUT2D eigenvalue weighted by Crippen LogP contribution is -2.43. The topological polar surface area (TPSA) is 101 Å². The highest BCUT2D eigenvalue weighted by atomic mass is 16.5. The van der Waals surface area contributed by atoms with Gasteiger partial charge in [0.05, 0.1) is 6.10 Å². The van der Waals surface area contributed by atoms with Crippen LogP contribution in [0.4, 0.5) is 0 Å². The summed E-state index contributed by atoms with van der Waals surface area (Å²) in [6, 6.07) is 8.90. The molecule has 0 aliphatic heterocycles. The molecular formula is C20H24N2O5. The van der Waals surface area contributed by atoms with Crippen LogP contribution in [0.3, 0.4) is 0 Å². The molecule has 3 rings (SSSR count). The standard InChI is InChI=1S/C20H24N2O5/c1-12-17-14(23)9-20(2,3)10-15(17)27-18(12)19(25)22-21-16(24)11-26-13-7-5-4-6-8-13/h4-8,14,23H,9-11H2,1-3H3,(H,21,24)(H,22,25). The predicted molar refractivity (Wildman–Crippen MR) is 98.1 cm³/mol. The van der Waals surface area contributed by atoms with E-state index in [0.29, 0.717) is 35.5 Å². The first kappa shape index (κ1) is 19.0. The van der Waals surface area contributed by atoms with Crippen LogP contribution in [-0.4, -0.2) is 23.5 Å². The smallest absolute Gasteiger partial charge is 0.305 e. The van der Waals surface area contributed by atoms with E-state index < -0.39 is 17.9 Å². The fourth-order valence-electron chi connectivity index (χ4n) is 3.39. The van der Waals surface area contributed by atoms with Gasteiger partial charge in [-0.2, -0.15) is 0 Å². The number of hydrogen-bond acceptors (Lipinski definition) is 5. The maximum Gasteiger partial charge on any atom is 0.305 e. The molecule has 7 nitrogen and oxygen atoms in total. The molecule has 0 bridgehead atoms. The average molecular weight is 372 g/mol. The zero-order valence-electron chi connectivity index (χ0n) is 15.7. The Kier molecular flexibility index (Phi) is 5.23. The van der Waals surface area contributed by atoms with E-state index in [-0.39, 0.29) is 17.8 Å². The molecule has 0 fully saturated rings. The highest BCUT2D eigenvalue weighted by Gasteiger charge is 2.37. The molecule has 144 valence electrons. The Labute approximate surface area is 157 Å². The van der Waals surface area contributed by atoms with Crippen LogP contribution in [0.25, 0.3) is 0 Å². The van der Waals surface area contributed by atoms with Crippen molar-refractivity contribution in [3.8, 4) is 5.75 Å². The van der Waals surface area contributed by atoms with E-state index in [1.165, 1.54) is 0 Å². The highest BCUT2D eigenvalue weighted by Crippen LogP contribution is 2.43. The van der Waals surface area contributed by atoms with Crippen LogP contribution in [0.2, 0.25) is 0 Å². The van der Waals surface area contributed by atoms with Crippen molar-refractivity contribution in [1.82, 2.24) is 10.9 Å². The van der Waals surface area contributed by atoms with Gasteiger partial charge in [-0.15, -0.1) is 0 Å². The van der Waals surface area contributed by atoms with Crippen molar-refractivity contribution in [1.29, 1.82) is 0 Å². The van der Waals surface area contributed by atoms with E-state index in [1.807, 2.05) is 19.9 Å². The lowest BCUT2D eigenvalue weighted by molar-refractivity contribution is -0.123. The third kappa shape index (κ3) is 4.31. The number of carbonyl (C=O) groups excluding carboxylic acids is 2. The summed E-state index contributed by atoms with van der Waals surface area (Å²) in [7, 11) is 0. The van der Waals surface area contributed by atoms with Gasteiger partial charge in [-0.3, -0.25) is 20.4 Å². The molecule has 0 saturated heterocycles. The van der Waals surface area contributed by atoms with Crippen LogP contribution in [-0.2, 0) is 11.2 Å². The Morgan fingerprint density at radius 3 is 2.67 bits per heavy atom. The zero-order valence-corrected chi connectivity index (χ0v) is 15.7. The molecule has 2 amide bonds. The van der Waals surface area contributed by atoms with Gasteiger partial charge >= 0.3 is 5.91 Å². The molecule has 0 spiro atoms. The minimum Gasteiger partial charge on any atom is -0.484 e. The van der Waals surface area contributed by atoms with E-state index in [2.05, 4.69) is 10.9 Å². The van der Waals surface area contributed by atoms with Gasteiger partial charge in [0.15, 0.2) is 12.4 Å². The van der Waals surface area contributed by atoms with Crippen molar-refractivity contribution >= 4 is 11.8 Å². The van der Waals surface area contributed by atoms with Gasteiger partial charge < -0.3 is 14.3 Å². The van der Waals surface area contributed by atoms with Crippen LogP contribution >= 0.6 is 0 Å². The van der Waals surface area contributed by atoms with E-state index in [0.717, 1.165) is 0 Å². The van der Waals surface area contributed by atoms with Gasteiger partial charge in [-0.25, -0.2) is 0 Å². The number of hydrogen-bond donors (Lipinski definition) is 3. The normalized spacial score (nSPS) is 17.7. The Balaban J connectivity index is 1.59. The monoisotopic (exact) mass is 372 g/mol. The van der Waals surface area contributed by atoms with Gasteiger partial charge in [0.25, 0.3) is 5.91 Å². The van der Waals surface area contributed by atoms with Gasteiger partial charge in [0.2, 0.25) is 0 Å². The fraction of sp³-hybridized carbons (Fsp3) is 0.400. The summed E-state index contributed by atoms with van der Waals surface area (Å²) in [4.78, 5) is 24.2. The third-order valence-electron chi connectivity index (χ3n) is 4.62. The van der Waals surface area contributed by atoms with Crippen LogP contribution in [0.5, 0.6) is 5.75 Å². The lowest BCUT2D eigenvalue weighted by Gasteiger charge is -2.31. The highest BCUT2D eigenvalue weighted by molar-refractivity contribution is 5.94. The van der Waals surface area contributed by atoms with Crippen LogP contribution in [0, 0.1) is 12.3 Å². The van der Waals surface area contributed by atoms with Gasteiger partial charge in [0.1, 0.15) is 11.5 Å². The molecule has 0 radical (unpaired) electrons. The molecule has 3 N–H and O–H groups in total. The molecule has 1 atom stereocenters. The molecule has 1 aliphatic rings. The maximum atomic E-state index is 12.4. The lowest BCUT2D eigenvalue weighted by atomic mass is 9.75. The van der Waals surface area contributed by atoms with Crippen LogP contribution < -0.4 is 15.6 Å². The average Bonchev–Trinajstić information content (AvgIpc) is 2.94. The van der Waals surface area contributed by atoms with E-state index in [4.69, 9.17) is 9.15 Å². The Morgan fingerprint density at radius 2 is 1.96 bits per heavy atom. The predicted octanol–water partition coefficient (Wildman–Crippen LogP) is 2.43. The number of aliphatic hydroxyl groups excluding tert-OH is 1. The molecule has 1 aromatic heterocycles. The summed E-state index contributed by atoms with van der Waals surface area (Å²) in [5.41, 5.74) is 5.80. The van der Waals surface area contributed by atoms with Gasteiger partial charge in [-0.1, -0.05) is 32.0 Å². The number of amides is 2. The number of ether oxygens (including phenoxy) is 1. The molecule has 1 heterocycles. The summed E-state index contributed by atoms with van der Waals surface area (Å²) in [5, 5.41) is 10.4. The van der Waals surface area contributed by atoms with Crippen molar-refractivity contribution < 1.29 is 23.8 Å². The number of benzene rings is 1. The number of rotatable bonds is 4. The summed E-state index contributed by atoms with van der Waals surface area (Å²) >= 11 is 0. The number of carbonyl (C=O) groups is 2. The van der Waals surface area contributed by atoms with Crippen molar-refractivity contribution in [2.45, 2.75) is 39.7 Å². The first-order valence-electron chi connectivity index (χ1n) is 8.84. The maximum absolute atomic E-state index is 12.4. The second-order valence-electron chi connectivity index (χ2n) is 7.56. The molecule has 1 aliphatic carbocycles. The number of hydrazine groups is 1. The molecule has 7 heteroatoms. The summed E-state index contributed by atoms with van der Waals surface area (Å²) in [5.74, 6) is 0.216. The number of furan rings is 1. The van der Waals surface area contributed by atoms with Crippen molar-refractivity contribution in [3.05, 3.63) is 53.0 Å². The number of fused-ring (bicyclic) bond motifs is 1. The number of para-hydroxylation sites is 1. The Bertz CT molecular complexity index is 842. The van der Waals surface area contributed by atoms with Crippen molar-refractivity contribution in [2.75, 3.05) is 6.61 Å². The molecule has 1 unspecified atom stereocenters. The van der Waals surface area contributed by atoms with Crippen molar-refractivity contribution in [2.24, 2.45) is 5.41 Å². The summed E-state index contributed by atoms with van der Waals surface area (Å²) < 4.78 is 11.0. The van der Waals surface area contributed by atoms with Gasteiger partial charge in [-0.05, 0) is 30.9 Å². The van der Waals surface area contributed by atoms with Crippen LogP contribution in [0.1, 0.15) is 53.8 Å². The van der Waals surface area contributed by atoms with E-state index >= 15 is 0 Å². The summed E-state index contributed by atoms with van der Waals surface area (Å²) in [6.07, 6.45) is 0.586. The second-order valence-corrected chi connectivity index (χ2v) is 7.56. The van der Waals surface area contributed by atoms with E-state index in [1.54, 1.807) is 31.2 Å². The SMILES string of the molecule is Cc1c(C(=O)NNC(=O)COc2ccccc2)oc2c1C(O)CC(C)(C)C2. The molecular weight excluding hydrogens is 348 g/mol. The summed E-state index contributed by atoms with van der Waals surface area (Å²) in [6.45, 7) is 5.59. The first-order chi connectivity index (χ1) is 12.8. The zero-order chi connectivity index (χ0) is 19.6. The molecule has 2 aromatic rings. The third-order valence-corrected chi connectivity index (χ3v) is 4.62. The molecule has 1 aromatic carbocycles. The second kappa shape index (κ2) is 7.44. The number of aliphatic hydroxyl groups is 1. The first-order valence-corrected chi connectivity index (χ1v) is 8.84. The molecule has 27 heavy (non-hydrogen) atoms. The van der Waals surface area contributed by atoms with Gasteiger partial charge in [0, 0.05) is 17.5 Å². The number of nitrogens with one attached hydrogen (secondary N) is 2. The minimum absolute atomic E-state index is 0.0982. The quantitative estimate of drug-likeness (QED) is 0.716. The molecule has 0 saturated carbocycles. The van der Waals surface area contributed by atoms with Crippen LogP contribution in [0.15, 0.2) is 34.7 Å². The Morgan fingerprint density at radius 1 is 1.26 bits per heavy atom. The largest absolute Gasteiger partial charge is 0.484 e. The van der Waals surface area contributed by atoms with Crippen molar-refractivity contribution in [3.63, 3.8) is 0 Å². The Hall–Kier alpha value is -2.80. The van der Waals surface area contributed by atoms with E-state index in [9.17, 15) is 14.7 Å².